The molecule has 1 aromatic carbocycles. The topological polar surface area (TPSA) is 59.9 Å². The van der Waals surface area contributed by atoms with Crippen LogP contribution < -0.4 is 10.3 Å². The molecule has 2 heterocycles. The molecular formula is C17H17N3O2. The Bertz CT molecular complexity index is 832. The molecule has 0 atom stereocenters. The number of methoxy groups -OCH3 is 1. The van der Waals surface area contributed by atoms with Gasteiger partial charge in [0.25, 0.3) is 5.56 Å². The monoisotopic (exact) mass is 295 g/mol. The highest BCUT2D eigenvalue weighted by atomic mass is 16.5. The van der Waals surface area contributed by atoms with Gasteiger partial charge in [-0.25, -0.2) is 4.98 Å². The number of hydrogen-bond acceptors (Lipinski definition) is 3. The van der Waals surface area contributed by atoms with Gasteiger partial charge in [0.2, 0.25) is 0 Å². The largest absolute Gasteiger partial charge is 0.497 e. The Hall–Kier alpha value is -2.82. The van der Waals surface area contributed by atoms with Gasteiger partial charge in [-0.15, -0.1) is 0 Å². The Kier molecular flexibility index (Phi) is 3.78. The fourth-order valence-corrected chi connectivity index (χ4v) is 2.34. The first-order valence-corrected chi connectivity index (χ1v) is 7.01. The van der Waals surface area contributed by atoms with Crippen molar-refractivity contribution in [2.45, 2.75) is 13.5 Å². The number of ether oxygens (including phenoxy) is 1. The highest BCUT2D eigenvalue weighted by Crippen LogP contribution is 2.19. The maximum atomic E-state index is 12.3. The van der Waals surface area contributed by atoms with Crippen LogP contribution in [0.1, 0.15) is 11.4 Å². The van der Waals surface area contributed by atoms with E-state index in [-0.39, 0.29) is 5.56 Å². The number of nitrogens with one attached hydrogen (secondary N) is 1. The number of hydrogen-bond donors (Lipinski definition) is 1. The zero-order valence-electron chi connectivity index (χ0n) is 12.5. The van der Waals surface area contributed by atoms with Crippen molar-refractivity contribution in [1.82, 2.24) is 14.5 Å². The van der Waals surface area contributed by atoms with Crippen molar-refractivity contribution >= 4 is 0 Å². The summed E-state index contributed by atoms with van der Waals surface area (Å²) >= 11 is 0. The molecule has 0 radical (unpaired) electrons. The van der Waals surface area contributed by atoms with Gasteiger partial charge in [0.1, 0.15) is 5.75 Å². The number of nitrogens with zero attached hydrogens (tertiary/aromatic N) is 2. The van der Waals surface area contributed by atoms with Crippen molar-refractivity contribution in [3.8, 4) is 16.9 Å². The van der Waals surface area contributed by atoms with E-state index in [1.54, 1.807) is 19.6 Å². The normalized spacial score (nSPS) is 10.6. The van der Waals surface area contributed by atoms with Gasteiger partial charge in [-0.05, 0) is 36.8 Å². The molecule has 2 aromatic heterocycles. The molecule has 5 heteroatoms. The van der Waals surface area contributed by atoms with Crippen LogP contribution in [0.4, 0.5) is 0 Å². The number of imidazole rings is 1. The third-order valence-electron chi connectivity index (χ3n) is 3.63. The first-order valence-electron chi connectivity index (χ1n) is 7.01. The van der Waals surface area contributed by atoms with Crippen molar-refractivity contribution < 1.29 is 4.74 Å². The van der Waals surface area contributed by atoms with E-state index >= 15 is 0 Å². The third kappa shape index (κ3) is 2.79. The molecule has 1 N–H and O–H groups in total. The smallest absolute Gasteiger partial charge is 0.256 e. The number of benzene rings is 1. The van der Waals surface area contributed by atoms with E-state index in [2.05, 4.69) is 9.97 Å². The van der Waals surface area contributed by atoms with Crippen LogP contribution >= 0.6 is 0 Å². The quantitative estimate of drug-likeness (QED) is 0.805. The highest BCUT2D eigenvalue weighted by molar-refractivity contribution is 5.63. The molecule has 3 rings (SSSR count). The molecule has 0 bridgehead atoms. The van der Waals surface area contributed by atoms with E-state index in [4.69, 9.17) is 4.74 Å². The lowest BCUT2D eigenvalue weighted by Crippen LogP contribution is -2.13. The molecule has 5 nitrogen and oxygen atoms in total. The summed E-state index contributed by atoms with van der Waals surface area (Å²) in [7, 11) is 1.62. The van der Waals surface area contributed by atoms with E-state index in [0.717, 1.165) is 22.7 Å². The minimum atomic E-state index is -0.0968. The highest BCUT2D eigenvalue weighted by Gasteiger charge is 2.06. The summed E-state index contributed by atoms with van der Waals surface area (Å²) in [6.07, 6.45) is 3.55. The summed E-state index contributed by atoms with van der Waals surface area (Å²) < 4.78 is 7.11. The number of H-pyrrole nitrogens is 1. The molecule has 0 fully saturated rings. The molecule has 3 aromatic rings. The van der Waals surface area contributed by atoms with Crippen LogP contribution in [-0.4, -0.2) is 21.6 Å². The number of aromatic amines is 1. The predicted octanol–water partition coefficient (Wildman–Crippen LogP) is 2.60. The van der Waals surface area contributed by atoms with Crippen LogP contribution in [0.25, 0.3) is 11.1 Å². The van der Waals surface area contributed by atoms with Gasteiger partial charge in [-0.3, -0.25) is 4.79 Å². The van der Waals surface area contributed by atoms with Crippen molar-refractivity contribution in [3.05, 3.63) is 70.7 Å². The SMILES string of the molecule is COc1ccc(-c2ccc(Cn3cncc3C)[nH]c2=O)cc1. The number of aryl methyl sites for hydroxylation is 1. The molecule has 0 unspecified atom stereocenters. The van der Waals surface area contributed by atoms with Gasteiger partial charge < -0.3 is 14.3 Å². The van der Waals surface area contributed by atoms with Crippen molar-refractivity contribution in [2.24, 2.45) is 0 Å². The molecule has 0 aliphatic rings. The van der Waals surface area contributed by atoms with Gasteiger partial charge in [-0.1, -0.05) is 12.1 Å². The second-order valence-corrected chi connectivity index (χ2v) is 5.12. The molecule has 0 saturated heterocycles. The summed E-state index contributed by atoms with van der Waals surface area (Å²) in [5.41, 5.74) is 3.32. The van der Waals surface area contributed by atoms with Gasteiger partial charge in [0.05, 0.1) is 20.0 Å². The molecule has 0 aliphatic carbocycles. The molecule has 0 saturated carbocycles. The predicted molar refractivity (Wildman–Crippen MR) is 85.1 cm³/mol. The van der Waals surface area contributed by atoms with Gasteiger partial charge in [0.15, 0.2) is 0 Å². The van der Waals surface area contributed by atoms with Crippen molar-refractivity contribution in [3.63, 3.8) is 0 Å². The van der Waals surface area contributed by atoms with Crippen LogP contribution in [0.2, 0.25) is 0 Å². The Labute approximate surface area is 128 Å². The Morgan fingerprint density at radius 1 is 1.18 bits per heavy atom. The van der Waals surface area contributed by atoms with Gasteiger partial charge in [0, 0.05) is 23.1 Å². The molecular weight excluding hydrogens is 278 g/mol. The minimum Gasteiger partial charge on any atom is -0.497 e. The van der Waals surface area contributed by atoms with Crippen LogP contribution in [0, 0.1) is 6.92 Å². The fraction of sp³-hybridized carbons (Fsp3) is 0.176. The molecule has 0 spiro atoms. The number of rotatable bonds is 4. The van der Waals surface area contributed by atoms with E-state index in [9.17, 15) is 4.79 Å². The van der Waals surface area contributed by atoms with E-state index < -0.39 is 0 Å². The molecule has 112 valence electrons. The first-order chi connectivity index (χ1) is 10.7. The second kappa shape index (κ2) is 5.89. The summed E-state index contributed by atoms with van der Waals surface area (Å²) in [4.78, 5) is 19.3. The Balaban J connectivity index is 1.88. The van der Waals surface area contributed by atoms with Crippen molar-refractivity contribution in [1.29, 1.82) is 0 Å². The average Bonchev–Trinajstić information content (AvgIpc) is 2.93. The van der Waals surface area contributed by atoms with Gasteiger partial charge >= 0.3 is 0 Å². The number of aromatic nitrogens is 3. The first kappa shape index (κ1) is 14.1. The lowest BCUT2D eigenvalue weighted by molar-refractivity contribution is 0.415. The van der Waals surface area contributed by atoms with Crippen LogP contribution in [0.3, 0.4) is 0 Å². The zero-order valence-corrected chi connectivity index (χ0v) is 12.5. The maximum Gasteiger partial charge on any atom is 0.256 e. The molecule has 0 amide bonds. The second-order valence-electron chi connectivity index (χ2n) is 5.12. The third-order valence-corrected chi connectivity index (χ3v) is 3.63. The average molecular weight is 295 g/mol. The van der Waals surface area contributed by atoms with Crippen LogP contribution in [0.5, 0.6) is 5.75 Å². The van der Waals surface area contributed by atoms with E-state index in [0.29, 0.717) is 12.1 Å². The summed E-state index contributed by atoms with van der Waals surface area (Å²) in [6.45, 7) is 2.58. The summed E-state index contributed by atoms with van der Waals surface area (Å²) in [6, 6.07) is 11.2. The zero-order chi connectivity index (χ0) is 15.5. The van der Waals surface area contributed by atoms with Crippen molar-refractivity contribution in [2.75, 3.05) is 7.11 Å². The number of pyridine rings is 1. The lowest BCUT2D eigenvalue weighted by atomic mass is 10.1. The van der Waals surface area contributed by atoms with Crippen LogP contribution in [0.15, 0.2) is 53.7 Å². The Morgan fingerprint density at radius 2 is 1.95 bits per heavy atom. The van der Waals surface area contributed by atoms with E-state index in [1.807, 2.05) is 47.9 Å². The van der Waals surface area contributed by atoms with Gasteiger partial charge in [-0.2, -0.15) is 0 Å². The molecule has 22 heavy (non-hydrogen) atoms. The lowest BCUT2D eigenvalue weighted by Gasteiger charge is -2.07. The summed E-state index contributed by atoms with van der Waals surface area (Å²) in [5, 5.41) is 0. The molecule has 0 aliphatic heterocycles. The Morgan fingerprint density at radius 3 is 2.55 bits per heavy atom. The van der Waals surface area contributed by atoms with E-state index in [1.165, 1.54) is 0 Å². The minimum absolute atomic E-state index is 0.0968. The maximum absolute atomic E-state index is 12.3. The van der Waals surface area contributed by atoms with Crippen LogP contribution in [-0.2, 0) is 6.54 Å². The summed E-state index contributed by atoms with van der Waals surface area (Å²) in [5.74, 6) is 0.771. The standard InChI is InChI=1S/C17H17N3O2/c1-12-9-18-11-20(12)10-14-5-8-16(17(21)19-14)13-3-6-15(22-2)7-4-13/h3-9,11H,10H2,1-2H3,(H,19,21). The fourth-order valence-electron chi connectivity index (χ4n) is 2.34.